The molecular weight excluding hydrogens is 327 g/mol. The standard InChI is InChI=1S/C21H28N2O.CH3F/c1-5-19-21(18(15-22-19)13-14-23(4)7-3)20(6-2)24-16-17-11-9-8-10-12-17;1-2/h5-6,8-12,15,22H,2,7,13-14,16H2,1,3-4H3;1H3/b19-5+,21-20+;. The molecule has 0 radical (unpaired) electrons. The summed E-state index contributed by atoms with van der Waals surface area (Å²) in [5.74, 6) is 0.836. The van der Waals surface area contributed by atoms with Gasteiger partial charge in [0.15, 0.2) is 0 Å². The highest BCUT2D eigenvalue weighted by Crippen LogP contribution is 2.07. The maximum atomic E-state index is 9.50. The van der Waals surface area contributed by atoms with Gasteiger partial charge in [0.1, 0.15) is 12.4 Å². The zero-order valence-corrected chi connectivity index (χ0v) is 16.4. The number of rotatable bonds is 8. The molecule has 0 spiro atoms. The number of aromatic nitrogens is 1. The van der Waals surface area contributed by atoms with E-state index >= 15 is 0 Å². The Balaban J connectivity index is 0.00000163. The minimum atomic E-state index is 0.500. The summed E-state index contributed by atoms with van der Waals surface area (Å²) in [6.07, 6.45) is 6.96. The summed E-state index contributed by atoms with van der Waals surface area (Å²) in [5, 5.41) is 2.22. The molecule has 0 saturated heterocycles. The van der Waals surface area contributed by atoms with E-state index in [0.717, 1.165) is 41.4 Å². The van der Waals surface area contributed by atoms with Crippen molar-refractivity contribution < 1.29 is 9.13 Å². The quantitative estimate of drug-likeness (QED) is 0.783. The van der Waals surface area contributed by atoms with E-state index in [4.69, 9.17) is 4.74 Å². The van der Waals surface area contributed by atoms with Gasteiger partial charge in [-0.05, 0) is 44.1 Å². The number of ether oxygens (including phenoxy) is 1. The van der Waals surface area contributed by atoms with Crippen LogP contribution in [-0.2, 0) is 17.8 Å². The monoisotopic (exact) mass is 358 g/mol. The van der Waals surface area contributed by atoms with Crippen molar-refractivity contribution in [1.82, 2.24) is 9.88 Å². The van der Waals surface area contributed by atoms with Crippen molar-refractivity contribution in [2.24, 2.45) is 0 Å². The van der Waals surface area contributed by atoms with Gasteiger partial charge < -0.3 is 14.6 Å². The maximum Gasteiger partial charge on any atom is 0.128 e. The van der Waals surface area contributed by atoms with E-state index in [-0.39, 0.29) is 0 Å². The fourth-order valence-electron chi connectivity index (χ4n) is 2.64. The molecule has 0 fully saturated rings. The van der Waals surface area contributed by atoms with Gasteiger partial charge >= 0.3 is 0 Å². The minimum absolute atomic E-state index is 0.500. The van der Waals surface area contributed by atoms with Crippen LogP contribution in [0.4, 0.5) is 4.39 Å². The summed E-state index contributed by atoms with van der Waals surface area (Å²) in [4.78, 5) is 5.67. The van der Waals surface area contributed by atoms with Crippen LogP contribution in [0.3, 0.4) is 0 Å². The summed E-state index contributed by atoms with van der Waals surface area (Å²) < 4.78 is 15.6. The van der Waals surface area contributed by atoms with Crippen LogP contribution < -0.4 is 10.6 Å². The van der Waals surface area contributed by atoms with E-state index in [1.165, 1.54) is 5.56 Å². The lowest BCUT2D eigenvalue weighted by Crippen LogP contribution is -2.30. The molecule has 0 unspecified atom stereocenters. The molecule has 3 nitrogen and oxygen atoms in total. The molecule has 0 aliphatic heterocycles. The number of H-pyrrole nitrogens is 1. The van der Waals surface area contributed by atoms with Gasteiger partial charge in [0.2, 0.25) is 0 Å². The first-order valence-electron chi connectivity index (χ1n) is 8.92. The topological polar surface area (TPSA) is 28.3 Å². The number of alkyl halides is 1. The highest BCUT2D eigenvalue weighted by atomic mass is 19.1. The first-order chi connectivity index (χ1) is 12.7. The van der Waals surface area contributed by atoms with Crippen LogP contribution >= 0.6 is 0 Å². The van der Waals surface area contributed by atoms with Crippen LogP contribution in [0.5, 0.6) is 0 Å². The number of hydrogen-bond donors (Lipinski definition) is 1. The number of hydrogen-bond acceptors (Lipinski definition) is 2. The van der Waals surface area contributed by atoms with Gasteiger partial charge in [-0.1, -0.05) is 49.9 Å². The van der Waals surface area contributed by atoms with E-state index in [0.29, 0.717) is 13.8 Å². The van der Waals surface area contributed by atoms with Crippen LogP contribution in [-0.4, -0.2) is 37.2 Å². The average Bonchev–Trinajstić information content (AvgIpc) is 3.12. The fourth-order valence-corrected chi connectivity index (χ4v) is 2.64. The van der Waals surface area contributed by atoms with Crippen molar-refractivity contribution in [3.05, 3.63) is 70.9 Å². The van der Waals surface area contributed by atoms with E-state index in [2.05, 4.69) is 54.8 Å². The van der Waals surface area contributed by atoms with Gasteiger partial charge in [-0.2, -0.15) is 0 Å². The molecule has 4 heteroatoms. The third kappa shape index (κ3) is 6.19. The van der Waals surface area contributed by atoms with Crippen molar-refractivity contribution in [2.75, 3.05) is 27.3 Å². The normalized spacial score (nSPS) is 12.5. The lowest BCUT2D eigenvalue weighted by molar-refractivity contribution is 0.264. The Morgan fingerprint density at radius 1 is 1.27 bits per heavy atom. The lowest BCUT2D eigenvalue weighted by Gasteiger charge is -2.13. The third-order valence-corrected chi connectivity index (χ3v) is 4.25. The largest absolute Gasteiger partial charge is 0.488 e. The number of benzene rings is 1. The molecule has 0 aliphatic carbocycles. The molecule has 2 rings (SSSR count). The average molecular weight is 359 g/mol. The van der Waals surface area contributed by atoms with E-state index in [1.807, 2.05) is 31.2 Å². The molecule has 0 bridgehead atoms. The highest BCUT2D eigenvalue weighted by molar-refractivity contribution is 5.51. The van der Waals surface area contributed by atoms with E-state index < -0.39 is 0 Å². The van der Waals surface area contributed by atoms with Crippen LogP contribution in [0.15, 0.2) is 49.2 Å². The highest BCUT2D eigenvalue weighted by Gasteiger charge is 2.07. The molecule has 0 atom stereocenters. The molecule has 0 aliphatic rings. The first kappa shape index (κ1) is 21.7. The Labute approximate surface area is 156 Å². The summed E-state index contributed by atoms with van der Waals surface area (Å²) in [7, 11) is 2.64. The lowest BCUT2D eigenvalue weighted by atomic mass is 10.1. The zero-order valence-electron chi connectivity index (χ0n) is 16.4. The summed E-state index contributed by atoms with van der Waals surface area (Å²) in [6, 6.07) is 10.2. The van der Waals surface area contributed by atoms with Crippen molar-refractivity contribution in [1.29, 1.82) is 0 Å². The third-order valence-electron chi connectivity index (χ3n) is 4.25. The summed E-state index contributed by atoms with van der Waals surface area (Å²) in [6.45, 7) is 10.8. The van der Waals surface area contributed by atoms with Crippen molar-refractivity contribution in [3.63, 3.8) is 0 Å². The van der Waals surface area contributed by atoms with E-state index in [9.17, 15) is 4.39 Å². The molecule has 1 aromatic heterocycles. The second kappa shape index (κ2) is 12.1. The van der Waals surface area contributed by atoms with Crippen molar-refractivity contribution in [3.8, 4) is 0 Å². The number of aromatic amines is 1. The number of likely N-dealkylation sites (N-methyl/N-ethyl adjacent to an activating group) is 1. The second-order valence-electron chi connectivity index (χ2n) is 5.88. The van der Waals surface area contributed by atoms with Gasteiger partial charge in [-0.15, -0.1) is 0 Å². The van der Waals surface area contributed by atoms with Crippen molar-refractivity contribution >= 4 is 11.8 Å². The van der Waals surface area contributed by atoms with Crippen LogP contribution in [0, 0.1) is 0 Å². The Bertz CT molecular complexity index is 765. The van der Waals surface area contributed by atoms with Crippen LogP contribution in [0.1, 0.15) is 25.0 Å². The van der Waals surface area contributed by atoms with Crippen LogP contribution in [0.25, 0.3) is 11.8 Å². The molecule has 142 valence electrons. The van der Waals surface area contributed by atoms with Gasteiger partial charge in [0.25, 0.3) is 0 Å². The minimum Gasteiger partial charge on any atom is -0.488 e. The number of halogens is 1. The van der Waals surface area contributed by atoms with Crippen LogP contribution in [0.2, 0.25) is 0 Å². The molecule has 2 aromatic rings. The van der Waals surface area contributed by atoms with E-state index in [1.54, 1.807) is 0 Å². The summed E-state index contributed by atoms with van der Waals surface area (Å²) >= 11 is 0. The predicted octanol–water partition coefficient (Wildman–Crippen LogP) is 3.41. The fraction of sp³-hybridized carbons (Fsp3) is 0.364. The van der Waals surface area contributed by atoms with Gasteiger partial charge in [0, 0.05) is 23.3 Å². The second-order valence-corrected chi connectivity index (χ2v) is 5.88. The zero-order chi connectivity index (χ0) is 19.4. The Morgan fingerprint density at radius 3 is 2.54 bits per heavy atom. The SMILES string of the molecule is C=C/C(OCc1ccccc1)=c1/c(CCN(C)CC)c[nH]/c1=C/C.CF. The smallest absolute Gasteiger partial charge is 0.128 e. The number of nitrogens with one attached hydrogen (secondary N) is 1. The molecular formula is C22H31FN2O. The van der Waals surface area contributed by atoms with Crippen molar-refractivity contribution in [2.45, 2.75) is 26.9 Å². The molecule has 1 N–H and O–H groups in total. The van der Waals surface area contributed by atoms with Gasteiger partial charge in [-0.3, -0.25) is 4.39 Å². The first-order valence-corrected chi connectivity index (χ1v) is 8.92. The van der Waals surface area contributed by atoms with Gasteiger partial charge in [0.05, 0.1) is 7.18 Å². The molecule has 0 amide bonds. The maximum absolute atomic E-state index is 9.50. The molecule has 1 aromatic carbocycles. The Kier molecular flexibility index (Phi) is 10.1. The van der Waals surface area contributed by atoms with Gasteiger partial charge in [-0.25, -0.2) is 0 Å². The Hall–Kier alpha value is -2.33. The molecule has 0 saturated carbocycles. The summed E-state index contributed by atoms with van der Waals surface area (Å²) in [5.41, 5.74) is 2.42. The number of nitrogens with zero attached hydrogens (tertiary/aromatic N) is 1. The Morgan fingerprint density at radius 2 is 1.96 bits per heavy atom. The predicted molar refractivity (Wildman–Crippen MR) is 109 cm³/mol. The molecule has 26 heavy (non-hydrogen) atoms. The molecule has 1 heterocycles.